The lowest BCUT2D eigenvalue weighted by Crippen LogP contribution is -2.05. The fourth-order valence-corrected chi connectivity index (χ4v) is 1.22. The average Bonchev–Trinajstić information content (AvgIpc) is 2.02. The summed E-state index contributed by atoms with van der Waals surface area (Å²) in [5.74, 6) is 0. The second kappa shape index (κ2) is 3.85. The third-order valence-electron chi connectivity index (χ3n) is 1.52. The molecule has 1 heterocycles. The standard InChI is InChI=1S/C7H8ClF2N3/c8-6-5(7(9)10)4(12)1-3(2-11)13-6/h1,7H,2,11H2,(H2,12,13). The van der Waals surface area contributed by atoms with Crippen molar-refractivity contribution in [2.24, 2.45) is 5.73 Å². The van der Waals surface area contributed by atoms with Crippen LogP contribution in [0.25, 0.3) is 0 Å². The van der Waals surface area contributed by atoms with E-state index < -0.39 is 12.0 Å². The molecule has 0 aliphatic heterocycles. The molecule has 0 fully saturated rings. The molecule has 6 heteroatoms. The van der Waals surface area contributed by atoms with Gasteiger partial charge in [-0.3, -0.25) is 0 Å². The number of anilines is 1. The molecule has 3 nitrogen and oxygen atoms in total. The smallest absolute Gasteiger partial charge is 0.268 e. The maximum absolute atomic E-state index is 12.3. The summed E-state index contributed by atoms with van der Waals surface area (Å²) < 4.78 is 24.6. The molecule has 0 radical (unpaired) electrons. The van der Waals surface area contributed by atoms with Crippen LogP contribution in [0, 0.1) is 0 Å². The zero-order chi connectivity index (χ0) is 10.0. The highest BCUT2D eigenvalue weighted by Crippen LogP contribution is 2.30. The molecule has 1 aromatic rings. The molecule has 0 aromatic carbocycles. The Labute approximate surface area is 78.7 Å². The summed E-state index contributed by atoms with van der Waals surface area (Å²) in [5.41, 5.74) is 10.5. The first-order valence-electron chi connectivity index (χ1n) is 3.49. The molecule has 0 aliphatic rings. The van der Waals surface area contributed by atoms with Crippen LogP contribution in [0.2, 0.25) is 5.15 Å². The molecule has 0 unspecified atom stereocenters. The third kappa shape index (κ3) is 2.05. The first kappa shape index (κ1) is 10.1. The number of rotatable bonds is 2. The Morgan fingerprint density at radius 1 is 1.54 bits per heavy atom. The summed E-state index contributed by atoms with van der Waals surface area (Å²) in [6.07, 6.45) is -2.72. The van der Waals surface area contributed by atoms with Gasteiger partial charge in [-0.25, -0.2) is 13.8 Å². The molecule has 4 N–H and O–H groups in total. The quantitative estimate of drug-likeness (QED) is 0.726. The Morgan fingerprint density at radius 3 is 2.54 bits per heavy atom. The molecule has 0 spiro atoms. The summed E-state index contributed by atoms with van der Waals surface area (Å²) in [5, 5.41) is -0.282. The van der Waals surface area contributed by atoms with Crippen LogP contribution in [0.3, 0.4) is 0 Å². The molecule has 0 bridgehead atoms. The topological polar surface area (TPSA) is 64.9 Å². The van der Waals surface area contributed by atoms with Crippen LogP contribution in [0.1, 0.15) is 17.7 Å². The number of hydrogen-bond donors (Lipinski definition) is 2. The van der Waals surface area contributed by atoms with Gasteiger partial charge >= 0.3 is 0 Å². The van der Waals surface area contributed by atoms with E-state index in [2.05, 4.69) is 4.98 Å². The molecule has 0 saturated carbocycles. The lowest BCUT2D eigenvalue weighted by molar-refractivity contribution is 0.152. The number of hydrogen-bond acceptors (Lipinski definition) is 3. The van der Waals surface area contributed by atoms with Crippen LogP contribution in [-0.2, 0) is 6.54 Å². The van der Waals surface area contributed by atoms with Crippen molar-refractivity contribution in [1.29, 1.82) is 0 Å². The monoisotopic (exact) mass is 207 g/mol. The second-order valence-electron chi connectivity index (χ2n) is 2.41. The Morgan fingerprint density at radius 2 is 2.15 bits per heavy atom. The SMILES string of the molecule is NCc1cc(N)c(C(F)F)c(Cl)n1. The number of nitrogens with two attached hydrogens (primary N) is 2. The van der Waals surface area contributed by atoms with E-state index in [4.69, 9.17) is 23.1 Å². The molecule has 1 rings (SSSR count). The number of halogens is 3. The lowest BCUT2D eigenvalue weighted by atomic mass is 10.2. The van der Waals surface area contributed by atoms with E-state index in [1.54, 1.807) is 0 Å². The lowest BCUT2D eigenvalue weighted by Gasteiger charge is -2.07. The zero-order valence-electron chi connectivity index (χ0n) is 6.60. The van der Waals surface area contributed by atoms with Gasteiger partial charge in [0.2, 0.25) is 0 Å². The van der Waals surface area contributed by atoms with Gasteiger partial charge in [-0.05, 0) is 6.07 Å². The maximum atomic E-state index is 12.3. The summed E-state index contributed by atoms with van der Waals surface area (Å²) in [6.45, 7) is 0.118. The van der Waals surface area contributed by atoms with Gasteiger partial charge in [-0.2, -0.15) is 0 Å². The van der Waals surface area contributed by atoms with Gasteiger partial charge in [0, 0.05) is 12.2 Å². The van der Waals surface area contributed by atoms with Gasteiger partial charge in [0.25, 0.3) is 6.43 Å². The molecule has 0 saturated heterocycles. The molecule has 72 valence electrons. The molecule has 13 heavy (non-hydrogen) atoms. The van der Waals surface area contributed by atoms with Crippen molar-refractivity contribution in [1.82, 2.24) is 4.98 Å². The van der Waals surface area contributed by atoms with E-state index in [1.807, 2.05) is 0 Å². The fourth-order valence-electron chi connectivity index (χ4n) is 0.916. The summed E-state index contributed by atoms with van der Waals surface area (Å²) in [6, 6.07) is 1.30. The number of alkyl halides is 2. The number of aromatic nitrogens is 1. The van der Waals surface area contributed by atoms with Crippen LogP contribution in [0.15, 0.2) is 6.07 Å². The summed E-state index contributed by atoms with van der Waals surface area (Å²) in [4.78, 5) is 3.65. The van der Waals surface area contributed by atoms with E-state index in [1.165, 1.54) is 6.07 Å². The van der Waals surface area contributed by atoms with Crippen LogP contribution in [-0.4, -0.2) is 4.98 Å². The van der Waals surface area contributed by atoms with Crippen LogP contribution in [0.4, 0.5) is 14.5 Å². The molecule has 1 aromatic heterocycles. The Balaban J connectivity index is 3.23. The second-order valence-corrected chi connectivity index (χ2v) is 2.77. The number of nitrogen functional groups attached to an aromatic ring is 1. The minimum Gasteiger partial charge on any atom is -0.398 e. The van der Waals surface area contributed by atoms with Crippen molar-refractivity contribution in [3.05, 3.63) is 22.5 Å². The normalized spacial score (nSPS) is 10.8. The highest BCUT2D eigenvalue weighted by atomic mass is 35.5. The predicted molar refractivity (Wildman–Crippen MR) is 46.5 cm³/mol. The minimum absolute atomic E-state index is 0.0737. The Bertz CT molecular complexity index is 294. The van der Waals surface area contributed by atoms with Gasteiger partial charge in [-0.15, -0.1) is 0 Å². The van der Waals surface area contributed by atoms with Crippen molar-refractivity contribution in [3.8, 4) is 0 Å². The van der Waals surface area contributed by atoms with Crippen LogP contribution < -0.4 is 11.5 Å². The molecule has 0 amide bonds. The average molecular weight is 208 g/mol. The van der Waals surface area contributed by atoms with Gasteiger partial charge in [0.05, 0.1) is 11.3 Å². The first-order valence-corrected chi connectivity index (χ1v) is 3.87. The van der Waals surface area contributed by atoms with E-state index in [0.717, 1.165) is 0 Å². The number of pyridine rings is 1. The summed E-state index contributed by atoms with van der Waals surface area (Å²) >= 11 is 5.48. The van der Waals surface area contributed by atoms with Crippen molar-refractivity contribution in [2.45, 2.75) is 13.0 Å². The fraction of sp³-hybridized carbons (Fsp3) is 0.286. The molecular weight excluding hydrogens is 200 g/mol. The van der Waals surface area contributed by atoms with Gasteiger partial charge in [0.15, 0.2) is 0 Å². The molecule has 0 atom stereocenters. The van der Waals surface area contributed by atoms with Gasteiger partial charge in [-0.1, -0.05) is 11.6 Å². The van der Waals surface area contributed by atoms with Crippen molar-refractivity contribution < 1.29 is 8.78 Å². The van der Waals surface area contributed by atoms with Crippen molar-refractivity contribution in [2.75, 3.05) is 5.73 Å². The zero-order valence-corrected chi connectivity index (χ0v) is 7.35. The van der Waals surface area contributed by atoms with E-state index in [-0.39, 0.29) is 17.4 Å². The molecule has 0 aliphatic carbocycles. The largest absolute Gasteiger partial charge is 0.398 e. The first-order chi connectivity index (χ1) is 6.06. The van der Waals surface area contributed by atoms with E-state index in [9.17, 15) is 8.78 Å². The third-order valence-corrected chi connectivity index (χ3v) is 1.81. The maximum Gasteiger partial charge on any atom is 0.268 e. The van der Waals surface area contributed by atoms with E-state index in [0.29, 0.717) is 5.69 Å². The predicted octanol–water partition coefficient (Wildman–Crippen LogP) is 1.71. The van der Waals surface area contributed by atoms with Crippen molar-refractivity contribution >= 4 is 17.3 Å². The Hall–Kier alpha value is -0.940. The number of nitrogens with zero attached hydrogens (tertiary/aromatic N) is 1. The van der Waals surface area contributed by atoms with Gasteiger partial charge in [0.1, 0.15) is 5.15 Å². The highest BCUT2D eigenvalue weighted by molar-refractivity contribution is 6.30. The van der Waals surface area contributed by atoms with Gasteiger partial charge < -0.3 is 11.5 Å². The summed E-state index contributed by atoms with van der Waals surface area (Å²) in [7, 11) is 0. The van der Waals surface area contributed by atoms with Crippen molar-refractivity contribution in [3.63, 3.8) is 0 Å². The highest BCUT2D eigenvalue weighted by Gasteiger charge is 2.17. The molecular formula is C7H8ClF2N3. The van der Waals surface area contributed by atoms with E-state index >= 15 is 0 Å². The Kier molecular flexibility index (Phi) is 3.00. The minimum atomic E-state index is -2.72. The van der Waals surface area contributed by atoms with Crippen LogP contribution >= 0.6 is 11.6 Å². The van der Waals surface area contributed by atoms with Crippen LogP contribution in [0.5, 0.6) is 0 Å².